The molecule has 0 aliphatic heterocycles. The van der Waals surface area contributed by atoms with E-state index < -0.39 is 0 Å². The Bertz CT molecular complexity index is 580. The predicted octanol–water partition coefficient (Wildman–Crippen LogP) is 3.54. The van der Waals surface area contributed by atoms with Crippen molar-refractivity contribution in [3.8, 4) is 0 Å². The van der Waals surface area contributed by atoms with Gasteiger partial charge < -0.3 is 10.3 Å². The van der Waals surface area contributed by atoms with Gasteiger partial charge in [0.25, 0.3) is 0 Å². The van der Waals surface area contributed by atoms with Crippen LogP contribution in [0.4, 0.5) is 4.39 Å². The minimum atomic E-state index is -0.369. The molecule has 1 unspecified atom stereocenters. The molecule has 2 rings (SSSR count). The molecule has 21 heavy (non-hydrogen) atoms. The van der Waals surface area contributed by atoms with Gasteiger partial charge in [-0.15, -0.1) is 0 Å². The second kappa shape index (κ2) is 7.00. The molecule has 1 heterocycles. The van der Waals surface area contributed by atoms with Crippen molar-refractivity contribution in [1.82, 2.24) is 10.1 Å². The van der Waals surface area contributed by atoms with Crippen molar-refractivity contribution >= 4 is 11.6 Å². The van der Waals surface area contributed by atoms with Gasteiger partial charge >= 0.3 is 0 Å². The lowest BCUT2D eigenvalue weighted by molar-refractivity contribution is 0.332. The van der Waals surface area contributed by atoms with Gasteiger partial charge in [-0.25, -0.2) is 4.39 Å². The first-order valence-electron chi connectivity index (χ1n) is 6.96. The van der Waals surface area contributed by atoms with Gasteiger partial charge in [0.1, 0.15) is 5.82 Å². The smallest absolute Gasteiger partial charge is 0.231 e. The van der Waals surface area contributed by atoms with E-state index >= 15 is 0 Å². The monoisotopic (exact) mass is 311 g/mol. The van der Waals surface area contributed by atoms with Crippen LogP contribution in [0.1, 0.15) is 43.5 Å². The van der Waals surface area contributed by atoms with Crippen LogP contribution in [0.5, 0.6) is 0 Å². The van der Waals surface area contributed by atoms with E-state index in [1.54, 1.807) is 12.1 Å². The zero-order valence-corrected chi connectivity index (χ0v) is 12.9. The van der Waals surface area contributed by atoms with Crippen molar-refractivity contribution in [3.05, 3.63) is 46.3 Å². The number of aromatic nitrogens is 2. The van der Waals surface area contributed by atoms with E-state index in [0.717, 1.165) is 6.42 Å². The fraction of sp³-hybridized carbons (Fsp3) is 0.467. The molecule has 1 aromatic heterocycles. The molecule has 0 spiro atoms. The van der Waals surface area contributed by atoms with Crippen molar-refractivity contribution in [1.29, 1.82) is 0 Å². The first-order chi connectivity index (χ1) is 10.0. The normalized spacial score (nSPS) is 12.9. The van der Waals surface area contributed by atoms with Gasteiger partial charge in [-0.1, -0.05) is 36.7 Å². The average Bonchev–Trinajstić information content (AvgIpc) is 2.88. The number of hydrogen-bond donors (Lipinski definition) is 1. The fourth-order valence-electron chi connectivity index (χ4n) is 2.23. The largest absolute Gasteiger partial charge is 0.339 e. The van der Waals surface area contributed by atoms with Crippen LogP contribution in [0, 0.1) is 11.7 Å². The Balaban J connectivity index is 2.16. The van der Waals surface area contributed by atoms with Gasteiger partial charge in [-0.2, -0.15) is 4.98 Å². The number of hydrogen-bond acceptors (Lipinski definition) is 4. The second-order valence-corrected chi connectivity index (χ2v) is 5.90. The molecule has 0 aliphatic rings. The summed E-state index contributed by atoms with van der Waals surface area (Å²) in [6.45, 7) is 4.67. The van der Waals surface area contributed by atoms with Crippen molar-refractivity contribution in [2.75, 3.05) is 6.54 Å². The Labute approximate surface area is 128 Å². The highest BCUT2D eigenvalue weighted by Crippen LogP contribution is 2.24. The number of nitrogens with two attached hydrogens (primary N) is 1. The van der Waals surface area contributed by atoms with E-state index in [1.807, 2.05) is 0 Å². The second-order valence-electron chi connectivity index (χ2n) is 5.49. The summed E-state index contributed by atoms with van der Waals surface area (Å²) in [6, 6.07) is 4.57. The Morgan fingerprint density at radius 2 is 2.14 bits per heavy atom. The summed E-state index contributed by atoms with van der Waals surface area (Å²) in [5.41, 5.74) is 6.13. The summed E-state index contributed by atoms with van der Waals surface area (Å²) in [6.07, 6.45) is 1.08. The van der Waals surface area contributed by atoms with Gasteiger partial charge in [0, 0.05) is 23.6 Å². The van der Waals surface area contributed by atoms with Crippen LogP contribution >= 0.6 is 11.6 Å². The first kappa shape index (κ1) is 15.9. The summed E-state index contributed by atoms with van der Waals surface area (Å²) < 4.78 is 19.0. The quantitative estimate of drug-likeness (QED) is 0.886. The van der Waals surface area contributed by atoms with Crippen LogP contribution in [-0.4, -0.2) is 16.7 Å². The standard InChI is InChI=1S/C15H19ClFN3O/c1-9(2)6-10(8-18)15-19-14(20-21-15)7-11-12(16)4-3-5-13(11)17/h3-5,9-10H,6-8,18H2,1-2H3. The number of nitrogens with zero attached hydrogens (tertiary/aromatic N) is 2. The molecule has 0 saturated heterocycles. The van der Waals surface area contributed by atoms with Gasteiger partial charge in [0.15, 0.2) is 5.82 Å². The van der Waals surface area contributed by atoms with Gasteiger partial charge in [-0.3, -0.25) is 0 Å². The number of halogens is 2. The Morgan fingerprint density at radius 3 is 2.76 bits per heavy atom. The van der Waals surface area contributed by atoms with Crippen molar-refractivity contribution in [3.63, 3.8) is 0 Å². The summed E-state index contributed by atoms with van der Waals surface area (Å²) in [5.74, 6) is 1.07. The maximum absolute atomic E-state index is 13.7. The molecule has 0 aliphatic carbocycles. The van der Waals surface area contributed by atoms with E-state index in [-0.39, 0.29) is 18.2 Å². The van der Waals surface area contributed by atoms with Crippen LogP contribution in [0.15, 0.2) is 22.7 Å². The highest BCUT2D eigenvalue weighted by atomic mass is 35.5. The Morgan fingerprint density at radius 1 is 1.38 bits per heavy atom. The molecule has 0 amide bonds. The van der Waals surface area contributed by atoms with E-state index in [9.17, 15) is 4.39 Å². The molecule has 0 bridgehead atoms. The molecule has 1 aromatic carbocycles. The predicted molar refractivity (Wildman–Crippen MR) is 79.8 cm³/mol. The summed E-state index contributed by atoms with van der Waals surface area (Å²) in [4.78, 5) is 4.33. The van der Waals surface area contributed by atoms with Crippen molar-refractivity contribution < 1.29 is 8.91 Å². The Kier molecular flexibility index (Phi) is 5.31. The summed E-state index contributed by atoms with van der Waals surface area (Å²) in [5, 5.41) is 4.26. The third kappa shape index (κ3) is 4.02. The molecule has 2 aromatic rings. The zero-order valence-electron chi connectivity index (χ0n) is 12.1. The van der Waals surface area contributed by atoms with Gasteiger partial charge in [0.05, 0.1) is 5.92 Å². The molecule has 4 nitrogen and oxygen atoms in total. The molecule has 114 valence electrons. The van der Waals surface area contributed by atoms with E-state index in [2.05, 4.69) is 24.0 Å². The maximum atomic E-state index is 13.7. The number of benzene rings is 1. The molecule has 6 heteroatoms. The summed E-state index contributed by atoms with van der Waals surface area (Å²) >= 11 is 6.00. The minimum Gasteiger partial charge on any atom is -0.339 e. The van der Waals surface area contributed by atoms with Crippen molar-refractivity contribution in [2.45, 2.75) is 32.6 Å². The van der Waals surface area contributed by atoms with Crippen molar-refractivity contribution in [2.24, 2.45) is 11.7 Å². The maximum Gasteiger partial charge on any atom is 0.231 e. The Hall–Kier alpha value is -1.46. The fourth-order valence-corrected chi connectivity index (χ4v) is 2.46. The average molecular weight is 312 g/mol. The minimum absolute atomic E-state index is 0.0299. The summed E-state index contributed by atoms with van der Waals surface area (Å²) in [7, 11) is 0. The molecule has 1 atom stereocenters. The molecule has 0 saturated carbocycles. The first-order valence-corrected chi connectivity index (χ1v) is 7.34. The molecule has 2 N–H and O–H groups in total. The SMILES string of the molecule is CC(C)CC(CN)c1nc(Cc2c(F)cccc2Cl)no1. The van der Waals surface area contributed by atoms with Crippen LogP contribution < -0.4 is 5.73 Å². The lowest BCUT2D eigenvalue weighted by Gasteiger charge is -2.11. The van der Waals surface area contributed by atoms with Crippen LogP contribution in [0.25, 0.3) is 0 Å². The molecule has 0 radical (unpaired) electrons. The number of rotatable bonds is 6. The van der Waals surface area contributed by atoms with Crippen LogP contribution in [0.3, 0.4) is 0 Å². The van der Waals surface area contributed by atoms with Gasteiger partial charge in [-0.05, 0) is 24.5 Å². The lowest BCUT2D eigenvalue weighted by atomic mass is 9.97. The lowest BCUT2D eigenvalue weighted by Crippen LogP contribution is -2.15. The van der Waals surface area contributed by atoms with Crippen LogP contribution in [0.2, 0.25) is 5.02 Å². The topological polar surface area (TPSA) is 64.9 Å². The third-order valence-electron chi connectivity index (χ3n) is 3.27. The molecule has 0 fully saturated rings. The highest BCUT2D eigenvalue weighted by Gasteiger charge is 2.20. The van der Waals surface area contributed by atoms with Crippen LogP contribution in [-0.2, 0) is 6.42 Å². The van der Waals surface area contributed by atoms with Gasteiger partial charge in [0.2, 0.25) is 5.89 Å². The molecular formula is C15H19ClFN3O. The van der Waals surface area contributed by atoms with E-state index in [4.69, 9.17) is 21.9 Å². The third-order valence-corrected chi connectivity index (χ3v) is 3.62. The zero-order chi connectivity index (χ0) is 15.4. The van der Waals surface area contributed by atoms with E-state index in [0.29, 0.717) is 34.8 Å². The molecular weight excluding hydrogens is 293 g/mol. The highest BCUT2D eigenvalue weighted by molar-refractivity contribution is 6.31. The van der Waals surface area contributed by atoms with E-state index in [1.165, 1.54) is 6.07 Å².